The lowest BCUT2D eigenvalue weighted by Crippen LogP contribution is -2.27. The van der Waals surface area contributed by atoms with Crippen molar-refractivity contribution in [3.63, 3.8) is 0 Å². The molecular formula is C15H18N2O. The van der Waals surface area contributed by atoms with E-state index >= 15 is 0 Å². The van der Waals surface area contributed by atoms with E-state index in [4.69, 9.17) is 5.73 Å². The van der Waals surface area contributed by atoms with Crippen molar-refractivity contribution in [3.05, 3.63) is 69.6 Å². The summed E-state index contributed by atoms with van der Waals surface area (Å²) in [6, 6.07) is 11.6. The Balaban J connectivity index is 2.21. The third-order valence-corrected chi connectivity index (χ3v) is 3.11. The molecule has 2 aromatic rings. The smallest absolute Gasteiger partial charge is 0.253 e. The number of nitrogens with two attached hydrogens (primary N) is 1. The number of aryl methyl sites for hydroxylation is 2. The minimum absolute atomic E-state index is 0.0278. The summed E-state index contributed by atoms with van der Waals surface area (Å²) in [6.07, 6.45) is 1.78. The number of pyridine rings is 1. The largest absolute Gasteiger partial charge is 0.322 e. The lowest BCUT2D eigenvalue weighted by Gasteiger charge is -2.14. The molecule has 0 saturated heterocycles. The van der Waals surface area contributed by atoms with Crippen molar-refractivity contribution in [3.8, 4) is 0 Å². The summed E-state index contributed by atoms with van der Waals surface area (Å²) in [5.74, 6) is 0. The van der Waals surface area contributed by atoms with Crippen LogP contribution in [0.25, 0.3) is 0 Å². The highest BCUT2D eigenvalue weighted by molar-refractivity contribution is 5.23. The van der Waals surface area contributed by atoms with Crippen molar-refractivity contribution in [1.29, 1.82) is 0 Å². The molecule has 3 heteroatoms. The van der Waals surface area contributed by atoms with E-state index in [-0.39, 0.29) is 11.6 Å². The molecule has 18 heavy (non-hydrogen) atoms. The number of hydrogen-bond donors (Lipinski definition) is 1. The molecule has 0 saturated carbocycles. The fourth-order valence-corrected chi connectivity index (χ4v) is 1.93. The molecule has 0 bridgehead atoms. The average molecular weight is 242 g/mol. The topological polar surface area (TPSA) is 48.0 Å². The van der Waals surface area contributed by atoms with Crippen LogP contribution in [0.1, 0.15) is 22.7 Å². The van der Waals surface area contributed by atoms with Crippen LogP contribution in [-0.4, -0.2) is 4.57 Å². The Morgan fingerprint density at radius 3 is 2.50 bits per heavy atom. The van der Waals surface area contributed by atoms with Crippen molar-refractivity contribution < 1.29 is 0 Å². The van der Waals surface area contributed by atoms with Crippen LogP contribution in [0, 0.1) is 13.8 Å². The van der Waals surface area contributed by atoms with Crippen molar-refractivity contribution in [1.82, 2.24) is 4.57 Å². The van der Waals surface area contributed by atoms with Crippen molar-refractivity contribution in [2.45, 2.75) is 26.4 Å². The zero-order chi connectivity index (χ0) is 13.1. The van der Waals surface area contributed by atoms with Crippen LogP contribution in [0.2, 0.25) is 0 Å². The molecule has 1 aromatic heterocycles. The maximum atomic E-state index is 11.9. The lowest BCUT2D eigenvalue weighted by atomic mass is 10.1. The summed E-state index contributed by atoms with van der Waals surface area (Å²) in [7, 11) is 0. The van der Waals surface area contributed by atoms with E-state index in [1.165, 1.54) is 5.56 Å². The summed E-state index contributed by atoms with van der Waals surface area (Å²) in [6.45, 7) is 4.36. The minimum Gasteiger partial charge on any atom is -0.322 e. The quantitative estimate of drug-likeness (QED) is 0.896. The average Bonchev–Trinajstić information content (AvgIpc) is 2.36. The highest BCUT2D eigenvalue weighted by Crippen LogP contribution is 2.12. The fourth-order valence-electron chi connectivity index (χ4n) is 1.93. The first-order valence-electron chi connectivity index (χ1n) is 6.06. The van der Waals surface area contributed by atoms with Gasteiger partial charge in [0.15, 0.2) is 0 Å². The Hall–Kier alpha value is -1.87. The van der Waals surface area contributed by atoms with Gasteiger partial charge in [-0.3, -0.25) is 4.79 Å². The van der Waals surface area contributed by atoms with Gasteiger partial charge in [0.25, 0.3) is 5.56 Å². The van der Waals surface area contributed by atoms with Gasteiger partial charge < -0.3 is 10.3 Å². The van der Waals surface area contributed by atoms with Crippen LogP contribution in [0.3, 0.4) is 0 Å². The molecule has 0 aliphatic heterocycles. The van der Waals surface area contributed by atoms with Gasteiger partial charge >= 0.3 is 0 Å². The third-order valence-electron chi connectivity index (χ3n) is 3.11. The Labute approximate surface area is 107 Å². The summed E-state index contributed by atoms with van der Waals surface area (Å²) in [4.78, 5) is 11.9. The van der Waals surface area contributed by atoms with E-state index < -0.39 is 0 Å². The van der Waals surface area contributed by atoms with Gasteiger partial charge in [-0.05, 0) is 25.5 Å². The highest BCUT2D eigenvalue weighted by atomic mass is 16.1. The zero-order valence-corrected chi connectivity index (χ0v) is 10.8. The van der Waals surface area contributed by atoms with Gasteiger partial charge in [0.2, 0.25) is 0 Å². The number of rotatable bonds is 3. The molecule has 0 radical (unpaired) electrons. The molecule has 94 valence electrons. The second-order valence-corrected chi connectivity index (χ2v) is 4.67. The summed E-state index contributed by atoms with van der Waals surface area (Å²) < 4.78 is 1.67. The fraction of sp³-hybridized carbons (Fsp3) is 0.267. The maximum absolute atomic E-state index is 11.9. The van der Waals surface area contributed by atoms with Crippen LogP contribution in [0.5, 0.6) is 0 Å². The third kappa shape index (κ3) is 2.68. The molecule has 2 rings (SSSR count). The van der Waals surface area contributed by atoms with E-state index in [2.05, 4.69) is 0 Å². The lowest BCUT2D eigenvalue weighted by molar-refractivity contribution is 0.560. The van der Waals surface area contributed by atoms with E-state index in [1.807, 2.05) is 50.2 Å². The van der Waals surface area contributed by atoms with Crippen LogP contribution in [0.4, 0.5) is 0 Å². The van der Waals surface area contributed by atoms with Crippen LogP contribution in [0.15, 0.2) is 47.4 Å². The Morgan fingerprint density at radius 1 is 1.17 bits per heavy atom. The van der Waals surface area contributed by atoms with E-state index in [1.54, 1.807) is 10.8 Å². The molecule has 0 spiro atoms. The zero-order valence-electron chi connectivity index (χ0n) is 10.8. The van der Waals surface area contributed by atoms with Crippen molar-refractivity contribution in [2.24, 2.45) is 5.73 Å². The first-order chi connectivity index (χ1) is 8.58. The maximum Gasteiger partial charge on any atom is 0.253 e. The van der Waals surface area contributed by atoms with E-state index in [0.29, 0.717) is 6.54 Å². The van der Waals surface area contributed by atoms with Gasteiger partial charge in [0.1, 0.15) is 0 Å². The van der Waals surface area contributed by atoms with Gasteiger partial charge in [0.05, 0.1) is 0 Å². The number of nitrogens with zero attached hydrogens (tertiary/aromatic N) is 1. The van der Waals surface area contributed by atoms with Gasteiger partial charge in [0, 0.05) is 24.3 Å². The molecule has 1 heterocycles. The van der Waals surface area contributed by atoms with Gasteiger partial charge in [-0.25, -0.2) is 0 Å². The Morgan fingerprint density at radius 2 is 1.83 bits per heavy atom. The second-order valence-electron chi connectivity index (χ2n) is 4.67. The molecule has 3 nitrogen and oxygen atoms in total. The molecule has 1 aromatic carbocycles. The SMILES string of the molecule is Cc1ccc(C(N)Cn2cccc(C)c2=O)cc1. The minimum atomic E-state index is -0.162. The predicted octanol–water partition coefficient (Wildman–Crippen LogP) is 2.17. The summed E-state index contributed by atoms with van der Waals surface area (Å²) >= 11 is 0. The van der Waals surface area contributed by atoms with Gasteiger partial charge in [-0.1, -0.05) is 35.9 Å². The van der Waals surface area contributed by atoms with E-state index in [9.17, 15) is 4.79 Å². The molecule has 1 atom stereocenters. The van der Waals surface area contributed by atoms with E-state index in [0.717, 1.165) is 11.1 Å². The molecular weight excluding hydrogens is 224 g/mol. The molecule has 1 unspecified atom stereocenters. The van der Waals surface area contributed by atoms with Crippen molar-refractivity contribution >= 4 is 0 Å². The number of benzene rings is 1. The summed E-state index contributed by atoms with van der Waals surface area (Å²) in [5, 5.41) is 0. The molecule has 2 N–H and O–H groups in total. The first kappa shape index (κ1) is 12.6. The predicted molar refractivity (Wildman–Crippen MR) is 73.5 cm³/mol. The molecule has 0 aliphatic rings. The van der Waals surface area contributed by atoms with Crippen LogP contribution >= 0.6 is 0 Å². The Kier molecular flexibility index (Phi) is 3.63. The number of aromatic nitrogens is 1. The van der Waals surface area contributed by atoms with Gasteiger partial charge in [-0.15, -0.1) is 0 Å². The molecule has 0 amide bonds. The van der Waals surface area contributed by atoms with Crippen molar-refractivity contribution in [2.75, 3.05) is 0 Å². The number of hydrogen-bond acceptors (Lipinski definition) is 2. The van der Waals surface area contributed by atoms with Crippen LogP contribution in [-0.2, 0) is 6.54 Å². The normalized spacial score (nSPS) is 12.4. The summed E-state index contributed by atoms with van der Waals surface area (Å²) in [5.41, 5.74) is 9.17. The second kappa shape index (κ2) is 5.19. The molecule has 0 fully saturated rings. The highest BCUT2D eigenvalue weighted by Gasteiger charge is 2.08. The standard InChI is InChI=1S/C15H18N2O/c1-11-5-7-13(8-6-11)14(16)10-17-9-3-4-12(2)15(17)18/h3-9,14H,10,16H2,1-2H3. The monoisotopic (exact) mass is 242 g/mol. The van der Waals surface area contributed by atoms with Crippen LogP contribution < -0.4 is 11.3 Å². The molecule has 0 aliphatic carbocycles. The Bertz CT molecular complexity index is 584. The first-order valence-corrected chi connectivity index (χ1v) is 6.06. The van der Waals surface area contributed by atoms with Gasteiger partial charge in [-0.2, -0.15) is 0 Å².